The molecule has 1 aliphatic heterocycles. The maximum atomic E-state index is 13.7. The third kappa shape index (κ3) is 3.86. The number of carbonyl (C=O) groups is 1. The monoisotopic (exact) mass is 447 g/mol. The van der Waals surface area contributed by atoms with Crippen molar-refractivity contribution in [2.75, 3.05) is 13.7 Å². The number of amides is 1. The molecule has 0 N–H and O–H groups in total. The van der Waals surface area contributed by atoms with Crippen LogP contribution < -0.4 is 4.74 Å². The second-order valence-electron chi connectivity index (χ2n) is 8.05. The lowest BCUT2D eigenvalue weighted by atomic mass is 9.97. The normalized spacial score (nSPS) is 16.4. The van der Waals surface area contributed by atoms with Crippen molar-refractivity contribution in [3.63, 3.8) is 0 Å². The van der Waals surface area contributed by atoms with Crippen LogP contribution in [0.4, 0.5) is 0 Å². The van der Waals surface area contributed by atoms with Crippen LogP contribution >= 0.6 is 11.3 Å². The lowest BCUT2D eigenvalue weighted by molar-refractivity contribution is 0.0608. The van der Waals surface area contributed by atoms with E-state index in [-0.39, 0.29) is 11.9 Å². The number of benzene rings is 1. The first-order chi connectivity index (χ1) is 15.6. The van der Waals surface area contributed by atoms with E-state index in [1.807, 2.05) is 52.8 Å². The number of likely N-dealkylation sites (tertiary alicyclic amines) is 1. The SMILES string of the molecule is COc1cncn2cc(C[C@@H]3CCCCN3C(=O)c3nc(C)sc3-c3ccccc3)nc12. The van der Waals surface area contributed by atoms with Crippen molar-refractivity contribution in [3.05, 3.63) is 65.4 Å². The highest BCUT2D eigenvalue weighted by Gasteiger charge is 2.31. The Morgan fingerprint density at radius 1 is 1.22 bits per heavy atom. The van der Waals surface area contributed by atoms with Gasteiger partial charge in [-0.3, -0.25) is 9.20 Å². The molecule has 7 nitrogen and oxygen atoms in total. The summed E-state index contributed by atoms with van der Waals surface area (Å²) in [6, 6.07) is 10.1. The number of imidazole rings is 1. The average Bonchev–Trinajstić information content (AvgIpc) is 3.42. The van der Waals surface area contributed by atoms with Crippen LogP contribution in [0.1, 0.15) is 40.5 Å². The molecule has 1 aliphatic rings. The summed E-state index contributed by atoms with van der Waals surface area (Å²) in [7, 11) is 1.62. The van der Waals surface area contributed by atoms with E-state index in [2.05, 4.69) is 9.97 Å². The first kappa shape index (κ1) is 20.6. The first-order valence-electron chi connectivity index (χ1n) is 10.8. The van der Waals surface area contributed by atoms with Crippen LogP contribution in [-0.2, 0) is 6.42 Å². The summed E-state index contributed by atoms with van der Waals surface area (Å²) in [6.45, 7) is 2.70. The fourth-order valence-corrected chi connectivity index (χ4v) is 5.32. The van der Waals surface area contributed by atoms with Crippen LogP contribution in [0.5, 0.6) is 5.75 Å². The zero-order valence-corrected chi connectivity index (χ0v) is 19.0. The number of aromatic nitrogens is 4. The van der Waals surface area contributed by atoms with E-state index in [1.54, 1.807) is 31.0 Å². The molecule has 5 rings (SSSR count). The Balaban J connectivity index is 1.44. The summed E-state index contributed by atoms with van der Waals surface area (Å²) in [6.07, 6.45) is 9.13. The van der Waals surface area contributed by atoms with Crippen molar-refractivity contribution in [1.29, 1.82) is 0 Å². The van der Waals surface area contributed by atoms with Crippen molar-refractivity contribution < 1.29 is 9.53 Å². The van der Waals surface area contributed by atoms with Crippen molar-refractivity contribution in [1.82, 2.24) is 24.3 Å². The lowest BCUT2D eigenvalue weighted by Crippen LogP contribution is -2.45. The van der Waals surface area contributed by atoms with Gasteiger partial charge < -0.3 is 9.64 Å². The number of fused-ring (bicyclic) bond motifs is 1. The van der Waals surface area contributed by atoms with Gasteiger partial charge in [0, 0.05) is 25.2 Å². The highest BCUT2D eigenvalue weighted by Crippen LogP contribution is 2.32. The van der Waals surface area contributed by atoms with Crippen LogP contribution in [0.2, 0.25) is 0 Å². The van der Waals surface area contributed by atoms with Crippen molar-refractivity contribution in [2.24, 2.45) is 0 Å². The van der Waals surface area contributed by atoms with Gasteiger partial charge in [-0.2, -0.15) is 0 Å². The fraction of sp³-hybridized carbons (Fsp3) is 0.333. The number of nitrogens with zero attached hydrogens (tertiary/aromatic N) is 5. The van der Waals surface area contributed by atoms with Gasteiger partial charge in [0.1, 0.15) is 12.0 Å². The summed E-state index contributed by atoms with van der Waals surface area (Å²) in [5.41, 5.74) is 3.27. The molecule has 0 radical (unpaired) electrons. The number of aryl methyl sites for hydroxylation is 1. The third-order valence-corrected chi connectivity index (χ3v) is 6.93. The second-order valence-corrected chi connectivity index (χ2v) is 9.26. The van der Waals surface area contributed by atoms with Crippen molar-refractivity contribution in [3.8, 4) is 16.2 Å². The van der Waals surface area contributed by atoms with Crippen LogP contribution in [0, 0.1) is 6.92 Å². The van der Waals surface area contributed by atoms with E-state index in [4.69, 9.17) is 9.72 Å². The van der Waals surface area contributed by atoms with E-state index in [9.17, 15) is 4.79 Å². The molecule has 0 unspecified atom stereocenters. The molecule has 0 spiro atoms. The molecular weight excluding hydrogens is 422 g/mol. The highest BCUT2D eigenvalue weighted by molar-refractivity contribution is 7.15. The van der Waals surface area contributed by atoms with Crippen LogP contribution in [0.15, 0.2) is 49.1 Å². The quantitative estimate of drug-likeness (QED) is 0.453. The molecule has 164 valence electrons. The summed E-state index contributed by atoms with van der Waals surface area (Å²) < 4.78 is 7.26. The maximum Gasteiger partial charge on any atom is 0.274 e. The number of thiazole rings is 1. The lowest BCUT2D eigenvalue weighted by Gasteiger charge is -2.35. The Bertz CT molecular complexity index is 1250. The molecular formula is C24H25N5O2S. The summed E-state index contributed by atoms with van der Waals surface area (Å²) >= 11 is 1.58. The number of piperidine rings is 1. The standard InChI is InChI=1S/C24H25N5O2S/c1-16-26-21(22(32-16)17-8-4-3-5-9-17)24(30)29-11-7-6-10-19(29)12-18-14-28-15-25-13-20(31-2)23(28)27-18/h3-5,8-9,13-15,19H,6-7,10-12H2,1-2H3/t19-/m0/s1. The fourth-order valence-electron chi connectivity index (χ4n) is 4.40. The van der Waals surface area contributed by atoms with Crippen LogP contribution in [-0.4, -0.2) is 49.9 Å². The van der Waals surface area contributed by atoms with Gasteiger partial charge in [0.05, 0.1) is 28.9 Å². The summed E-state index contributed by atoms with van der Waals surface area (Å²) in [4.78, 5) is 30.2. The van der Waals surface area contributed by atoms with E-state index >= 15 is 0 Å². The van der Waals surface area contributed by atoms with Crippen LogP contribution in [0.25, 0.3) is 16.1 Å². The molecule has 1 aromatic carbocycles. The first-order valence-corrected chi connectivity index (χ1v) is 11.6. The topological polar surface area (TPSA) is 72.6 Å². The Morgan fingerprint density at radius 3 is 2.88 bits per heavy atom. The number of hydrogen-bond acceptors (Lipinski definition) is 6. The van der Waals surface area contributed by atoms with E-state index in [0.717, 1.165) is 52.6 Å². The Labute approximate surface area is 190 Å². The molecule has 1 amide bonds. The molecule has 4 heterocycles. The molecule has 1 atom stereocenters. The van der Waals surface area contributed by atoms with Crippen molar-refractivity contribution >= 4 is 22.9 Å². The molecule has 0 bridgehead atoms. The Hall–Kier alpha value is -3.26. The zero-order valence-electron chi connectivity index (χ0n) is 18.2. The minimum Gasteiger partial charge on any atom is -0.491 e. The van der Waals surface area contributed by atoms with Gasteiger partial charge >= 0.3 is 0 Å². The zero-order chi connectivity index (χ0) is 22.1. The van der Waals surface area contributed by atoms with Gasteiger partial charge in [0.15, 0.2) is 11.4 Å². The predicted molar refractivity (Wildman–Crippen MR) is 124 cm³/mol. The van der Waals surface area contributed by atoms with Gasteiger partial charge in [0.2, 0.25) is 0 Å². The van der Waals surface area contributed by atoms with E-state index in [0.29, 0.717) is 17.9 Å². The van der Waals surface area contributed by atoms with Gasteiger partial charge in [-0.15, -0.1) is 11.3 Å². The second kappa shape index (κ2) is 8.70. The van der Waals surface area contributed by atoms with Gasteiger partial charge in [-0.25, -0.2) is 15.0 Å². The van der Waals surface area contributed by atoms with Gasteiger partial charge in [-0.05, 0) is 31.7 Å². The summed E-state index contributed by atoms with van der Waals surface area (Å²) in [5, 5.41) is 0.903. The molecule has 8 heteroatoms. The molecule has 4 aromatic rings. The average molecular weight is 448 g/mol. The van der Waals surface area contributed by atoms with E-state index < -0.39 is 0 Å². The number of carbonyl (C=O) groups excluding carboxylic acids is 1. The van der Waals surface area contributed by atoms with Gasteiger partial charge in [-0.1, -0.05) is 30.3 Å². The Kier molecular flexibility index (Phi) is 5.61. The predicted octanol–water partition coefficient (Wildman–Crippen LogP) is 4.41. The van der Waals surface area contributed by atoms with Crippen LogP contribution in [0.3, 0.4) is 0 Å². The highest BCUT2D eigenvalue weighted by atomic mass is 32.1. The molecule has 0 aliphatic carbocycles. The summed E-state index contributed by atoms with van der Waals surface area (Å²) in [5.74, 6) is 0.654. The maximum absolute atomic E-state index is 13.7. The minimum atomic E-state index is 0.0147. The smallest absolute Gasteiger partial charge is 0.274 e. The number of methoxy groups -OCH3 is 1. The number of ether oxygens (including phenoxy) is 1. The number of hydrogen-bond donors (Lipinski definition) is 0. The minimum absolute atomic E-state index is 0.0147. The Morgan fingerprint density at radius 2 is 2.06 bits per heavy atom. The third-order valence-electron chi connectivity index (χ3n) is 5.91. The van der Waals surface area contributed by atoms with Crippen molar-refractivity contribution in [2.45, 2.75) is 38.6 Å². The molecule has 0 saturated carbocycles. The molecule has 3 aromatic heterocycles. The molecule has 1 fully saturated rings. The number of rotatable bonds is 5. The largest absolute Gasteiger partial charge is 0.491 e. The molecule has 1 saturated heterocycles. The van der Waals surface area contributed by atoms with Gasteiger partial charge in [0.25, 0.3) is 5.91 Å². The molecule has 32 heavy (non-hydrogen) atoms. The van der Waals surface area contributed by atoms with E-state index in [1.165, 1.54) is 0 Å².